The highest BCUT2D eigenvalue weighted by Crippen LogP contribution is 2.31. The molecular weight excluding hydrogens is 326 g/mol. The number of rotatable bonds is 3. The van der Waals surface area contributed by atoms with Gasteiger partial charge in [-0.3, -0.25) is 0 Å². The van der Waals surface area contributed by atoms with Crippen molar-refractivity contribution in [3.63, 3.8) is 0 Å². The van der Waals surface area contributed by atoms with E-state index >= 15 is 0 Å². The highest BCUT2D eigenvalue weighted by atomic mass is 79.9. The van der Waals surface area contributed by atoms with Crippen molar-refractivity contribution in [2.75, 3.05) is 5.73 Å². The summed E-state index contributed by atoms with van der Waals surface area (Å²) in [5.41, 5.74) is 7.14. The lowest BCUT2D eigenvalue weighted by Gasteiger charge is -2.26. The van der Waals surface area contributed by atoms with E-state index in [0.717, 1.165) is 30.2 Å². The highest BCUT2D eigenvalue weighted by Gasteiger charge is 2.30. The quantitative estimate of drug-likeness (QED) is 0.852. The number of hydrogen-bond donors (Lipinski definition) is 1. The van der Waals surface area contributed by atoms with Crippen LogP contribution in [-0.4, -0.2) is 13.7 Å². The fourth-order valence-electron chi connectivity index (χ4n) is 2.74. The first kappa shape index (κ1) is 14.9. The van der Waals surface area contributed by atoms with Gasteiger partial charge in [0.1, 0.15) is 0 Å². The Bertz CT molecular complexity index is 557. The number of nitrogen functional groups attached to an aromatic ring is 1. The molecule has 0 saturated heterocycles. The van der Waals surface area contributed by atoms with Gasteiger partial charge in [0.15, 0.2) is 9.84 Å². The number of benzene rings is 1. The zero-order valence-corrected chi connectivity index (χ0v) is 13.5. The molecule has 2 unspecified atom stereocenters. The largest absolute Gasteiger partial charge is 0.398 e. The van der Waals surface area contributed by atoms with Gasteiger partial charge in [0, 0.05) is 10.2 Å². The molecule has 2 rings (SSSR count). The van der Waals surface area contributed by atoms with Crippen LogP contribution in [0.3, 0.4) is 0 Å². The van der Waals surface area contributed by atoms with Crippen LogP contribution in [0.2, 0.25) is 0 Å². The molecule has 19 heavy (non-hydrogen) atoms. The average Bonchev–Trinajstić information content (AvgIpc) is 2.33. The number of hydrogen-bond acceptors (Lipinski definition) is 3. The number of sulfone groups is 1. The summed E-state index contributed by atoms with van der Waals surface area (Å²) in [6, 6.07) is 5.39. The second-order valence-corrected chi connectivity index (χ2v) is 8.74. The van der Waals surface area contributed by atoms with Crippen LogP contribution in [-0.2, 0) is 15.6 Å². The van der Waals surface area contributed by atoms with Crippen molar-refractivity contribution in [1.29, 1.82) is 0 Å². The lowest BCUT2D eigenvalue weighted by molar-refractivity contribution is 0.382. The third-order valence-corrected chi connectivity index (χ3v) is 6.51. The van der Waals surface area contributed by atoms with E-state index in [0.29, 0.717) is 17.2 Å². The summed E-state index contributed by atoms with van der Waals surface area (Å²) < 4.78 is 25.8. The Morgan fingerprint density at radius 1 is 1.37 bits per heavy atom. The number of halogens is 1. The van der Waals surface area contributed by atoms with Crippen molar-refractivity contribution in [3.8, 4) is 0 Å². The van der Waals surface area contributed by atoms with Crippen LogP contribution in [0.15, 0.2) is 22.7 Å². The Balaban J connectivity index is 2.16. The third-order valence-electron chi connectivity index (χ3n) is 3.86. The molecule has 3 nitrogen and oxygen atoms in total. The monoisotopic (exact) mass is 345 g/mol. The summed E-state index contributed by atoms with van der Waals surface area (Å²) in [4.78, 5) is 0. The first-order valence-electron chi connectivity index (χ1n) is 6.64. The molecule has 0 radical (unpaired) electrons. The Kier molecular flexibility index (Phi) is 4.56. The molecule has 106 valence electrons. The third kappa shape index (κ3) is 3.72. The predicted octanol–water partition coefficient (Wildman–Crippen LogP) is 3.52. The molecule has 0 heterocycles. The van der Waals surface area contributed by atoms with Gasteiger partial charge in [-0.1, -0.05) is 41.8 Å². The van der Waals surface area contributed by atoms with E-state index in [-0.39, 0.29) is 11.0 Å². The van der Waals surface area contributed by atoms with Crippen LogP contribution in [0.1, 0.15) is 38.2 Å². The van der Waals surface area contributed by atoms with Crippen LogP contribution in [0.25, 0.3) is 0 Å². The summed E-state index contributed by atoms with van der Waals surface area (Å²) >= 11 is 3.33. The van der Waals surface area contributed by atoms with E-state index < -0.39 is 9.84 Å². The van der Waals surface area contributed by atoms with Crippen LogP contribution in [0, 0.1) is 5.92 Å². The molecule has 1 aliphatic rings. The fourth-order valence-corrected chi connectivity index (χ4v) is 5.19. The predicted molar refractivity (Wildman–Crippen MR) is 82.6 cm³/mol. The van der Waals surface area contributed by atoms with E-state index in [1.807, 2.05) is 6.07 Å². The topological polar surface area (TPSA) is 60.2 Å². The van der Waals surface area contributed by atoms with Crippen molar-refractivity contribution in [2.24, 2.45) is 5.92 Å². The Morgan fingerprint density at radius 2 is 2.11 bits per heavy atom. The molecule has 0 amide bonds. The van der Waals surface area contributed by atoms with Crippen molar-refractivity contribution in [1.82, 2.24) is 0 Å². The lowest BCUT2D eigenvalue weighted by atomic mass is 9.91. The molecule has 2 N–H and O–H groups in total. The standard InChI is InChI=1S/C14H20BrNO2S/c1-10-3-2-4-13(7-10)19(17,18)9-11-5-6-12(15)8-14(11)16/h5-6,8,10,13H,2-4,7,9,16H2,1H3. The van der Waals surface area contributed by atoms with Gasteiger partial charge in [0.25, 0.3) is 0 Å². The first-order chi connectivity index (χ1) is 8.88. The molecule has 1 saturated carbocycles. The maximum absolute atomic E-state index is 12.5. The number of nitrogens with two attached hydrogens (primary N) is 1. The van der Waals surface area contributed by atoms with E-state index in [2.05, 4.69) is 22.9 Å². The van der Waals surface area contributed by atoms with Gasteiger partial charge in [0.2, 0.25) is 0 Å². The molecule has 0 aliphatic heterocycles. The minimum atomic E-state index is -3.10. The zero-order chi connectivity index (χ0) is 14.0. The van der Waals surface area contributed by atoms with E-state index in [4.69, 9.17) is 5.73 Å². The van der Waals surface area contributed by atoms with Gasteiger partial charge in [-0.05, 0) is 36.5 Å². The van der Waals surface area contributed by atoms with Gasteiger partial charge in [0.05, 0.1) is 11.0 Å². The summed E-state index contributed by atoms with van der Waals surface area (Å²) in [5, 5.41) is -0.195. The van der Waals surface area contributed by atoms with E-state index in [9.17, 15) is 8.42 Å². The zero-order valence-electron chi connectivity index (χ0n) is 11.1. The van der Waals surface area contributed by atoms with Gasteiger partial charge < -0.3 is 5.73 Å². The van der Waals surface area contributed by atoms with Gasteiger partial charge in [-0.25, -0.2) is 8.42 Å². The lowest BCUT2D eigenvalue weighted by Crippen LogP contribution is -2.28. The van der Waals surface area contributed by atoms with Crippen molar-refractivity contribution < 1.29 is 8.42 Å². The molecule has 5 heteroatoms. The molecular formula is C14H20BrNO2S. The molecule has 0 aromatic heterocycles. The van der Waals surface area contributed by atoms with Gasteiger partial charge >= 0.3 is 0 Å². The SMILES string of the molecule is CC1CCCC(S(=O)(=O)Cc2ccc(Br)cc2N)C1. The molecule has 2 atom stereocenters. The molecule has 1 aromatic carbocycles. The molecule has 1 fully saturated rings. The smallest absolute Gasteiger partial charge is 0.157 e. The second-order valence-electron chi connectivity index (χ2n) is 5.54. The Morgan fingerprint density at radius 3 is 2.74 bits per heavy atom. The average molecular weight is 346 g/mol. The maximum Gasteiger partial charge on any atom is 0.157 e. The minimum absolute atomic E-state index is 0.0590. The fraction of sp³-hybridized carbons (Fsp3) is 0.571. The van der Waals surface area contributed by atoms with Crippen LogP contribution in [0.4, 0.5) is 5.69 Å². The first-order valence-corrected chi connectivity index (χ1v) is 9.15. The maximum atomic E-state index is 12.5. The summed E-state index contributed by atoms with van der Waals surface area (Å²) in [6.07, 6.45) is 3.75. The van der Waals surface area contributed by atoms with Gasteiger partial charge in [-0.2, -0.15) is 0 Å². The number of anilines is 1. The van der Waals surface area contributed by atoms with Crippen LogP contribution >= 0.6 is 15.9 Å². The summed E-state index contributed by atoms with van der Waals surface area (Å²) in [7, 11) is -3.10. The van der Waals surface area contributed by atoms with E-state index in [1.54, 1.807) is 12.1 Å². The molecule has 1 aliphatic carbocycles. The normalized spacial score (nSPS) is 24.3. The van der Waals surface area contributed by atoms with Crippen LogP contribution < -0.4 is 5.73 Å². The van der Waals surface area contributed by atoms with Crippen LogP contribution in [0.5, 0.6) is 0 Å². The van der Waals surface area contributed by atoms with E-state index in [1.165, 1.54) is 0 Å². The molecule has 1 aromatic rings. The van der Waals surface area contributed by atoms with Crippen molar-refractivity contribution in [2.45, 2.75) is 43.6 Å². The Labute approximate surface area is 123 Å². The molecule has 0 spiro atoms. The summed E-state index contributed by atoms with van der Waals surface area (Å²) in [5.74, 6) is 0.569. The van der Waals surface area contributed by atoms with Crippen molar-refractivity contribution >= 4 is 31.5 Å². The Hall–Kier alpha value is -0.550. The van der Waals surface area contributed by atoms with Crippen molar-refractivity contribution in [3.05, 3.63) is 28.2 Å². The minimum Gasteiger partial charge on any atom is -0.398 e. The van der Waals surface area contributed by atoms with Gasteiger partial charge in [-0.15, -0.1) is 0 Å². The molecule has 0 bridgehead atoms. The second kappa shape index (κ2) is 5.83. The summed E-state index contributed by atoms with van der Waals surface area (Å²) in [6.45, 7) is 2.13. The highest BCUT2D eigenvalue weighted by molar-refractivity contribution is 9.10.